The van der Waals surface area contributed by atoms with E-state index in [0.29, 0.717) is 35.3 Å². The molecule has 0 saturated heterocycles. The van der Waals surface area contributed by atoms with Crippen LogP contribution in [0.25, 0.3) is 0 Å². The zero-order valence-electron chi connectivity index (χ0n) is 13.4. The van der Waals surface area contributed by atoms with E-state index in [1.165, 1.54) is 31.4 Å². The van der Waals surface area contributed by atoms with Crippen LogP contribution in [0.1, 0.15) is 24.2 Å². The molecule has 0 aliphatic heterocycles. The van der Waals surface area contributed by atoms with Crippen LogP contribution in [-0.2, 0) is 0 Å². The van der Waals surface area contributed by atoms with Crippen molar-refractivity contribution in [1.82, 2.24) is 0 Å². The van der Waals surface area contributed by atoms with Crippen LogP contribution in [0.5, 0.6) is 11.5 Å². The topological polar surface area (TPSA) is 47.6 Å². The standard InChI is InChI=1S/C18H20FNO3/c1-12(2)11-23-16-9-4-13(10-17(16)22-3)18(21)20-15-7-5-14(19)6-8-15/h4-10,12H,11H2,1-3H3,(H,20,21). The minimum atomic E-state index is -0.351. The van der Waals surface area contributed by atoms with Gasteiger partial charge in [-0.15, -0.1) is 0 Å². The second-order valence-corrected chi connectivity index (χ2v) is 5.53. The first kappa shape index (κ1) is 16.8. The second-order valence-electron chi connectivity index (χ2n) is 5.53. The van der Waals surface area contributed by atoms with Crippen LogP contribution in [0, 0.1) is 11.7 Å². The Hall–Kier alpha value is -2.56. The molecule has 0 atom stereocenters. The molecule has 0 saturated carbocycles. The molecule has 2 aromatic rings. The summed E-state index contributed by atoms with van der Waals surface area (Å²) in [6, 6.07) is 10.6. The SMILES string of the molecule is COc1cc(C(=O)Nc2ccc(F)cc2)ccc1OCC(C)C. The van der Waals surface area contributed by atoms with E-state index in [-0.39, 0.29) is 11.7 Å². The van der Waals surface area contributed by atoms with Gasteiger partial charge in [-0.3, -0.25) is 4.79 Å². The van der Waals surface area contributed by atoms with Crippen molar-refractivity contribution in [3.63, 3.8) is 0 Å². The zero-order valence-corrected chi connectivity index (χ0v) is 13.4. The molecule has 1 N–H and O–H groups in total. The highest BCUT2D eigenvalue weighted by Gasteiger charge is 2.12. The van der Waals surface area contributed by atoms with E-state index >= 15 is 0 Å². The monoisotopic (exact) mass is 317 g/mol. The molecule has 2 rings (SSSR count). The van der Waals surface area contributed by atoms with Crippen LogP contribution in [-0.4, -0.2) is 19.6 Å². The van der Waals surface area contributed by atoms with Gasteiger partial charge >= 0.3 is 0 Å². The van der Waals surface area contributed by atoms with Crippen LogP contribution in [0.3, 0.4) is 0 Å². The Morgan fingerprint density at radius 2 is 1.83 bits per heavy atom. The van der Waals surface area contributed by atoms with E-state index in [1.54, 1.807) is 18.2 Å². The van der Waals surface area contributed by atoms with Gasteiger partial charge in [0.1, 0.15) is 5.82 Å². The molecule has 1 amide bonds. The number of carbonyl (C=O) groups excluding carboxylic acids is 1. The molecule has 0 unspecified atom stereocenters. The van der Waals surface area contributed by atoms with Crippen LogP contribution in [0.4, 0.5) is 10.1 Å². The summed E-state index contributed by atoms with van der Waals surface area (Å²) in [5.74, 6) is 0.833. The van der Waals surface area contributed by atoms with Gasteiger partial charge in [0, 0.05) is 11.3 Å². The minimum absolute atomic E-state index is 0.301. The Bertz CT molecular complexity index is 668. The molecule has 0 heterocycles. The zero-order chi connectivity index (χ0) is 16.8. The molecule has 23 heavy (non-hydrogen) atoms. The van der Waals surface area contributed by atoms with Crippen molar-refractivity contribution < 1.29 is 18.7 Å². The molecular formula is C18H20FNO3. The van der Waals surface area contributed by atoms with Crippen LogP contribution in [0.2, 0.25) is 0 Å². The summed E-state index contributed by atoms with van der Waals surface area (Å²) < 4.78 is 23.8. The predicted molar refractivity (Wildman–Crippen MR) is 87.7 cm³/mol. The van der Waals surface area contributed by atoms with E-state index in [4.69, 9.17) is 9.47 Å². The first-order chi connectivity index (χ1) is 11.0. The molecule has 0 bridgehead atoms. The smallest absolute Gasteiger partial charge is 0.255 e. The highest BCUT2D eigenvalue weighted by molar-refractivity contribution is 6.04. The van der Waals surface area contributed by atoms with Crippen molar-refractivity contribution in [2.45, 2.75) is 13.8 Å². The quantitative estimate of drug-likeness (QED) is 0.872. The minimum Gasteiger partial charge on any atom is -0.493 e. The third-order valence-corrected chi connectivity index (χ3v) is 3.10. The van der Waals surface area contributed by atoms with Gasteiger partial charge in [0.15, 0.2) is 11.5 Å². The third-order valence-electron chi connectivity index (χ3n) is 3.10. The molecule has 0 aliphatic rings. The number of nitrogens with one attached hydrogen (secondary N) is 1. The van der Waals surface area contributed by atoms with Gasteiger partial charge in [0.25, 0.3) is 5.91 Å². The highest BCUT2D eigenvalue weighted by Crippen LogP contribution is 2.28. The molecule has 5 heteroatoms. The summed E-state index contributed by atoms with van der Waals surface area (Å²) in [6.45, 7) is 4.67. The summed E-state index contributed by atoms with van der Waals surface area (Å²) in [6.07, 6.45) is 0. The number of methoxy groups -OCH3 is 1. The maximum Gasteiger partial charge on any atom is 0.255 e. The molecule has 4 nitrogen and oxygen atoms in total. The lowest BCUT2D eigenvalue weighted by Crippen LogP contribution is -2.12. The normalized spacial score (nSPS) is 10.5. The number of ether oxygens (including phenoxy) is 2. The fourth-order valence-corrected chi connectivity index (χ4v) is 1.92. The number of hydrogen-bond acceptors (Lipinski definition) is 3. The highest BCUT2D eigenvalue weighted by atomic mass is 19.1. The number of rotatable bonds is 6. The molecule has 0 aromatic heterocycles. The first-order valence-electron chi connectivity index (χ1n) is 7.37. The Labute approximate surface area is 135 Å². The van der Waals surface area contributed by atoms with Gasteiger partial charge in [-0.1, -0.05) is 13.8 Å². The van der Waals surface area contributed by atoms with E-state index in [1.807, 2.05) is 0 Å². The average Bonchev–Trinajstić information content (AvgIpc) is 2.54. The summed E-state index contributed by atoms with van der Waals surface area (Å²) in [5.41, 5.74) is 0.957. The Morgan fingerprint density at radius 3 is 2.43 bits per heavy atom. The van der Waals surface area contributed by atoms with Gasteiger partial charge in [-0.2, -0.15) is 0 Å². The summed E-state index contributed by atoms with van der Waals surface area (Å²) in [7, 11) is 1.53. The Kier molecular flexibility index (Phi) is 5.57. The molecule has 122 valence electrons. The lowest BCUT2D eigenvalue weighted by molar-refractivity contribution is 0.102. The van der Waals surface area contributed by atoms with Crippen LogP contribution >= 0.6 is 0 Å². The van der Waals surface area contributed by atoms with Gasteiger partial charge < -0.3 is 14.8 Å². The first-order valence-corrected chi connectivity index (χ1v) is 7.37. The van der Waals surface area contributed by atoms with Crippen molar-refractivity contribution in [3.05, 3.63) is 53.8 Å². The van der Waals surface area contributed by atoms with Gasteiger partial charge in [0.2, 0.25) is 0 Å². The van der Waals surface area contributed by atoms with E-state index in [9.17, 15) is 9.18 Å². The van der Waals surface area contributed by atoms with Crippen molar-refractivity contribution >= 4 is 11.6 Å². The van der Waals surface area contributed by atoms with Gasteiger partial charge in [-0.25, -0.2) is 4.39 Å². The van der Waals surface area contributed by atoms with Gasteiger partial charge in [-0.05, 0) is 48.4 Å². The Morgan fingerprint density at radius 1 is 1.13 bits per heavy atom. The number of anilines is 1. The molecule has 0 radical (unpaired) electrons. The fourth-order valence-electron chi connectivity index (χ4n) is 1.92. The van der Waals surface area contributed by atoms with Crippen LogP contribution in [0.15, 0.2) is 42.5 Å². The largest absolute Gasteiger partial charge is 0.493 e. The molecule has 0 fully saturated rings. The number of amides is 1. The lowest BCUT2D eigenvalue weighted by atomic mass is 10.1. The maximum atomic E-state index is 12.9. The number of carbonyl (C=O) groups is 1. The maximum absolute atomic E-state index is 12.9. The molecule has 0 aliphatic carbocycles. The van der Waals surface area contributed by atoms with Crippen molar-refractivity contribution in [2.24, 2.45) is 5.92 Å². The third kappa shape index (κ3) is 4.71. The average molecular weight is 317 g/mol. The lowest BCUT2D eigenvalue weighted by Gasteiger charge is -2.13. The van der Waals surface area contributed by atoms with Gasteiger partial charge in [0.05, 0.1) is 13.7 Å². The van der Waals surface area contributed by atoms with Crippen LogP contribution < -0.4 is 14.8 Å². The van der Waals surface area contributed by atoms with E-state index < -0.39 is 0 Å². The summed E-state index contributed by atoms with van der Waals surface area (Å²) >= 11 is 0. The van der Waals surface area contributed by atoms with Crippen molar-refractivity contribution in [3.8, 4) is 11.5 Å². The Balaban J connectivity index is 2.12. The molecular weight excluding hydrogens is 297 g/mol. The summed E-state index contributed by atoms with van der Waals surface area (Å²) in [4.78, 5) is 12.2. The number of halogens is 1. The molecule has 0 spiro atoms. The van der Waals surface area contributed by atoms with Crippen molar-refractivity contribution in [1.29, 1.82) is 0 Å². The van der Waals surface area contributed by atoms with E-state index in [0.717, 1.165) is 0 Å². The fraction of sp³-hybridized carbons (Fsp3) is 0.278. The number of benzene rings is 2. The predicted octanol–water partition coefficient (Wildman–Crippen LogP) is 4.12. The van der Waals surface area contributed by atoms with E-state index in [2.05, 4.69) is 19.2 Å². The number of hydrogen-bond donors (Lipinski definition) is 1. The van der Waals surface area contributed by atoms with Crippen molar-refractivity contribution in [2.75, 3.05) is 19.0 Å². The molecule has 2 aromatic carbocycles. The second kappa shape index (κ2) is 7.63. The summed E-state index contributed by atoms with van der Waals surface area (Å²) in [5, 5.41) is 2.70.